The first kappa shape index (κ1) is 15.2. The number of fused-ring (bicyclic) bond motifs is 3. The Morgan fingerprint density at radius 3 is 2.08 bits per heavy atom. The second-order valence-corrected chi connectivity index (χ2v) is 7.02. The Balaban J connectivity index is 1.45. The van der Waals surface area contributed by atoms with E-state index < -0.39 is 0 Å². The van der Waals surface area contributed by atoms with E-state index in [1.165, 1.54) is 44.5 Å². The van der Waals surface area contributed by atoms with Gasteiger partial charge in [0, 0.05) is 0 Å². The molecule has 0 atom stereocenters. The summed E-state index contributed by atoms with van der Waals surface area (Å²) in [5.41, 5.74) is 11.1. The van der Waals surface area contributed by atoms with Crippen molar-refractivity contribution in [3.8, 4) is 22.3 Å². The van der Waals surface area contributed by atoms with Gasteiger partial charge in [0.1, 0.15) is 0 Å². The van der Waals surface area contributed by atoms with Crippen LogP contribution in [0.15, 0.2) is 97.1 Å². The van der Waals surface area contributed by atoms with Crippen molar-refractivity contribution in [1.82, 2.24) is 0 Å². The molecule has 1 aliphatic carbocycles. The van der Waals surface area contributed by atoms with Crippen LogP contribution in [0.5, 0.6) is 0 Å². The summed E-state index contributed by atoms with van der Waals surface area (Å²) in [7, 11) is 0. The SMILES string of the molecule is c1ccc(-c2ccc(Cc3cccc4c3Cc3ccccc3-4)cc2)cc1. The molecule has 0 heteroatoms. The molecule has 0 N–H and O–H groups in total. The van der Waals surface area contributed by atoms with E-state index in [0.29, 0.717) is 0 Å². The molecule has 124 valence electrons. The fraction of sp³-hybridized carbons (Fsp3) is 0.0769. The third kappa shape index (κ3) is 2.64. The molecule has 1 aliphatic rings. The summed E-state index contributed by atoms with van der Waals surface area (Å²) in [4.78, 5) is 0. The minimum atomic E-state index is 0.992. The maximum absolute atomic E-state index is 2.29. The minimum Gasteiger partial charge on any atom is -0.0622 e. The van der Waals surface area contributed by atoms with E-state index in [4.69, 9.17) is 0 Å². The van der Waals surface area contributed by atoms with Crippen LogP contribution < -0.4 is 0 Å². The predicted octanol–water partition coefficient (Wildman–Crippen LogP) is 6.52. The first-order chi connectivity index (χ1) is 12.9. The van der Waals surface area contributed by atoms with Gasteiger partial charge in [-0.05, 0) is 57.3 Å². The molecule has 0 nitrogen and oxygen atoms in total. The van der Waals surface area contributed by atoms with Crippen molar-refractivity contribution in [2.24, 2.45) is 0 Å². The van der Waals surface area contributed by atoms with Gasteiger partial charge in [0.2, 0.25) is 0 Å². The molecule has 0 saturated heterocycles. The van der Waals surface area contributed by atoms with E-state index >= 15 is 0 Å². The van der Waals surface area contributed by atoms with Gasteiger partial charge in [-0.15, -0.1) is 0 Å². The highest BCUT2D eigenvalue weighted by Gasteiger charge is 2.20. The van der Waals surface area contributed by atoms with Gasteiger partial charge in [-0.3, -0.25) is 0 Å². The van der Waals surface area contributed by atoms with Crippen LogP contribution in [-0.2, 0) is 12.8 Å². The summed E-state index contributed by atoms with van der Waals surface area (Å²) in [6.45, 7) is 0. The summed E-state index contributed by atoms with van der Waals surface area (Å²) in [5, 5.41) is 0. The number of benzene rings is 4. The van der Waals surface area contributed by atoms with Crippen LogP contribution in [0.4, 0.5) is 0 Å². The van der Waals surface area contributed by atoms with Crippen LogP contribution in [0.1, 0.15) is 22.3 Å². The quantitative estimate of drug-likeness (QED) is 0.353. The molecule has 5 rings (SSSR count). The second-order valence-electron chi connectivity index (χ2n) is 7.02. The maximum Gasteiger partial charge on any atom is -0.00106 e. The normalized spacial score (nSPS) is 11.8. The minimum absolute atomic E-state index is 0.992. The molecule has 0 saturated carbocycles. The molecule has 0 heterocycles. The van der Waals surface area contributed by atoms with Gasteiger partial charge in [0.25, 0.3) is 0 Å². The molecule has 0 radical (unpaired) electrons. The third-order valence-electron chi connectivity index (χ3n) is 5.40. The van der Waals surface area contributed by atoms with E-state index in [1.807, 2.05) is 0 Å². The van der Waals surface area contributed by atoms with Crippen LogP contribution in [0, 0.1) is 0 Å². The molecule has 0 amide bonds. The lowest BCUT2D eigenvalue weighted by Gasteiger charge is -2.10. The van der Waals surface area contributed by atoms with Crippen LogP contribution >= 0.6 is 0 Å². The molecular formula is C26H20. The average molecular weight is 332 g/mol. The molecule has 0 aliphatic heterocycles. The summed E-state index contributed by atoms with van der Waals surface area (Å²) < 4.78 is 0. The molecule has 26 heavy (non-hydrogen) atoms. The van der Waals surface area contributed by atoms with E-state index in [2.05, 4.69) is 97.1 Å². The van der Waals surface area contributed by atoms with Gasteiger partial charge in [-0.25, -0.2) is 0 Å². The Hall–Kier alpha value is -3.12. The summed E-state index contributed by atoms with van der Waals surface area (Å²) in [6, 6.07) is 35.1. The largest absolute Gasteiger partial charge is 0.0622 e. The Kier molecular flexibility index (Phi) is 3.68. The lowest BCUT2D eigenvalue weighted by molar-refractivity contribution is 1.12. The van der Waals surface area contributed by atoms with E-state index in [0.717, 1.165) is 12.8 Å². The fourth-order valence-electron chi connectivity index (χ4n) is 4.05. The predicted molar refractivity (Wildman–Crippen MR) is 109 cm³/mol. The van der Waals surface area contributed by atoms with Crippen molar-refractivity contribution < 1.29 is 0 Å². The van der Waals surface area contributed by atoms with Crippen molar-refractivity contribution in [2.75, 3.05) is 0 Å². The van der Waals surface area contributed by atoms with Crippen molar-refractivity contribution >= 4 is 0 Å². The molecule has 0 unspecified atom stereocenters. The van der Waals surface area contributed by atoms with Gasteiger partial charge in [0.05, 0.1) is 0 Å². The van der Waals surface area contributed by atoms with Crippen molar-refractivity contribution in [2.45, 2.75) is 12.8 Å². The highest BCUT2D eigenvalue weighted by atomic mass is 14.2. The molecule has 0 bridgehead atoms. The highest BCUT2D eigenvalue weighted by molar-refractivity contribution is 5.78. The Bertz CT molecular complexity index is 1060. The highest BCUT2D eigenvalue weighted by Crippen LogP contribution is 2.38. The lowest BCUT2D eigenvalue weighted by atomic mass is 9.95. The number of rotatable bonds is 3. The first-order valence-electron chi connectivity index (χ1n) is 9.22. The Labute approximate surface area is 154 Å². The number of hydrogen-bond acceptors (Lipinski definition) is 0. The van der Waals surface area contributed by atoms with Crippen LogP contribution in [0.25, 0.3) is 22.3 Å². The first-order valence-corrected chi connectivity index (χ1v) is 9.22. The summed E-state index contributed by atoms with van der Waals surface area (Å²) >= 11 is 0. The zero-order valence-corrected chi connectivity index (χ0v) is 14.7. The van der Waals surface area contributed by atoms with Gasteiger partial charge in [-0.1, -0.05) is 97.1 Å². The van der Waals surface area contributed by atoms with Gasteiger partial charge in [0.15, 0.2) is 0 Å². The van der Waals surface area contributed by atoms with E-state index in [-0.39, 0.29) is 0 Å². The molecule has 0 spiro atoms. The maximum atomic E-state index is 2.29. The molecule has 0 aromatic heterocycles. The zero-order chi connectivity index (χ0) is 17.3. The van der Waals surface area contributed by atoms with E-state index in [9.17, 15) is 0 Å². The average Bonchev–Trinajstić information content (AvgIpc) is 3.09. The number of hydrogen-bond donors (Lipinski definition) is 0. The second kappa shape index (κ2) is 6.31. The fourth-order valence-corrected chi connectivity index (χ4v) is 4.05. The summed E-state index contributed by atoms with van der Waals surface area (Å²) in [5.74, 6) is 0. The third-order valence-corrected chi connectivity index (χ3v) is 5.40. The monoisotopic (exact) mass is 332 g/mol. The van der Waals surface area contributed by atoms with Gasteiger partial charge >= 0.3 is 0 Å². The van der Waals surface area contributed by atoms with Crippen LogP contribution in [-0.4, -0.2) is 0 Å². The van der Waals surface area contributed by atoms with Crippen molar-refractivity contribution in [1.29, 1.82) is 0 Å². The van der Waals surface area contributed by atoms with Crippen LogP contribution in [0.2, 0.25) is 0 Å². The molecular weight excluding hydrogens is 312 g/mol. The topological polar surface area (TPSA) is 0 Å². The molecule has 4 aromatic rings. The van der Waals surface area contributed by atoms with Gasteiger partial charge in [-0.2, -0.15) is 0 Å². The smallest absolute Gasteiger partial charge is 0.00106 e. The van der Waals surface area contributed by atoms with Crippen molar-refractivity contribution in [3.63, 3.8) is 0 Å². The summed E-state index contributed by atoms with van der Waals surface area (Å²) in [6.07, 6.45) is 2.05. The van der Waals surface area contributed by atoms with Crippen LogP contribution in [0.3, 0.4) is 0 Å². The van der Waals surface area contributed by atoms with Gasteiger partial charge < -0.3 is 0 Å². The molecule has 0 fully saturated rings. The zero-order valence-electron chi connectivity index (χ0n) is 14.7. The standard InChI is InChI=1S/C26H20/c1-2-7-20(8-3-1)21-15-13-19(14-16-21)17-22-10-6-12-25-24-11-5-4-9-23(24)18-26(22)25/h1-16H,17-18H2. The van der Waals surface area contributed by atoms with Crippen molar-refractivity contribution in [3.05, 3.63) is 119 Å². The van der Waals surface area contributed by atoms with E-state index in [1.54, 1.807) is 0 Å². The Morgan fingerprint density at radius 2 is 1.23 bits per heavy atom. The Morgan fingerprint density at radius 1 is 0.538 bits per heavy atom. The lowest BCUT2D eigenvalue weighted by Crippen LogP contribution is -1.94. The molecule has 4 aromatic carbocycles.